The first-order valence-electron chi connectivity index (χ1n) is 10.6. The van der Waals surface area contributed by atoms with Gasteiger partial charge in [-0.15, -0.1) is 0 Å². The maximum Gasteiger partial charge on any atom is 0.321 e. The molecule has 1 fully saturated rings. The van der Waals surface area contributed by atoms with Gasteiger partial charge in [-0.1, -0.05) is 49.6 Å². The summed E-state index contributed by atoms with van der Waals surface area (Å²) in [6.07, 6.45) is 6.15. The Labute approximate surface area is 184 Å². The summed E-state index contributed by atoms with van der Waals surface area (Å²) < 4.78 is 31.9. The molecule has 1 aliphatic carbocycles. The van der Waals surface area contributed by atoms with Crippen molar-refractivity contribution in [3.63, 3.8) is 0 Å². The van der Waals surface area contributed by atoms with E-state index < -0.39 is 29.1 Å². The fourth-order valence-electron chi connectivity index (χ4n) is 3.78. The summed E-state index contributed by atoms with van der Waals surface area (Å²) in [7, 11) is -3.84. The number of carbonyl (C=O) groups is 2. The number of carbonyl (C=O) groups excluding carboxylic acids is 2. The standard InChI is InChI=1S/C24H29NO5S/c1-17-8-13-22(14-18(17)2)31(28,29)25-15-24(27)30-16-23(26)21-11-9-20(10-12-21)19-6-4-3-5-7-19/h8-14,19,25H,3-7,15-16H2,1-2H3. The van der Waals surface area contributed by atoms with E-state index in [-0.39, 0.29) is 10.7 Å². The Morgan fingerprint density at radius 1 is 0.968 bits per heavy atom. The summed E-state index contributed by atoms with van der Waals surface area (Å²) in [4.78, 5) is 24.3. The Hall–Kier alpha value is -2.51. The normalized spacial score (nSPS) is 14.9. The van der Waals surface area contributed by atoms with Gasteiger partial charge < -0.3 is 4.74 Å². The van der Waals surface area contributed by atoms with Crippen LogP contribution in [0.1, 0.15) is 65.1 Å². The van der Waals surface area contributed by atoms with Crippen molar-refractivity contribution in [1.29, 1.82) is 0 Å². The van der Waals surface area contributed by atoms with Crippen molar-refractivity contribution in [3.05, 3.63) is 64.7 Å². The van der Waals surface area contributed by atoms with Gasteiger partial charge in [-0.2, -0.15) is 4.72 Å². The zero-order chi connectivity index (χ0) is 22.4. The van der Waals surface area contributed by atoms with Crippen LogP contribution >= 0.6 is 0 Å². The van der Waals surface area contributed by atoms with Gasteiger partial charge in [0.1, 0.15) is 6.54 Å². The van der Waals surface area contributed by atoms with Crippen LogP contribution in [0, 0.1) is 13.8 Å². The van der Waals surface area contributed by atoms with Crippen LogP contribution in [0.15, 0.2) is 47.4 Å². The average molecular weight is 444 g/mol. The van der Waals surface area contributed by atoms with Crippen LogP contribution in [0.2, 0.25) is 0 Å². The van der Waals surface area contributed by atoms with E-state index in [0.29, 0.717) is 11.5 Å². The third-order valence-corrected chi connectivity index (χ3v) is 7.27. The van der Waals surface area contributed by atoms with E-state index in [4.69, 9.17) is 4.74 Å². The topological polar surface area (TPSA) is 89.5 Å². The SMILES string of the molecule is Cc1ccc(S(=O)(=O)NCC(=O)OCC(=O)c2ccc(C3CCCCC3)cc2)cc1C. The van der Waals surface area contributed by atoms with E-state index in [0.717, 1.165) is 11.1 Å². The monoisotopic (exact) mass is 443 g/mol. The van der Waals surface area contributed by atoms with E-state index in [2.05, 4.69) is 4.72 Å². The van der Waals surface area contributed by atoms with Crippen molar-refractivity contribution >= 4 is 21.8 Å². The minimum Gasteiger partial charge on any atom is -0.456 e. The van der Waals surface area contributed by atoms with E-state index >= 15 is 0 Å². The number of benzene rings is 2. The third-order valence-electron chi connectivity index (χ3n) is 5.87. The second kappa shape index (κ2) is 10.2. The molecule has 0 spiro atoms. The molecule has 3 rings (SSSR count). The second-order valence-corrected chi connectivity index (χ2v) is 9.88. The van der Waals surface area contributed by atoms with Crippen LogP contribution < -0.4 is 4.72 Å². The lowest BCUT2D eigenvalue weighted by Crippen LogP contribution is -2.31. The Balaban J connectivity index is 1.48. The second-order valence-electron chi connectivity index (χ2n) is 8.11. The molecule has 31 heavy (non-hydrogen) atoms. The molecule has 2 aromatic carbocycles. The molecule has 1 aliphatic rings. The lowest BCUT2D eigenvalue weighted by molar-refractivity contribution is -0.141. The summed E-state index contributed by atoms with van der Waals surface area (Å²) in [6.45, 7) is 2.74. The van der Waals surface area contributed by atoms with Crippen LogP contribution in [-0.4, -0.2) is 33.3 Å². The number of hydrogen-bond acceptors (Lipinski definition) is 5. The van der Waals surface area contributed by atoms with Gasteiger partial charge in [-0.25, -0.2) is 8.42 Å². The van der Waals surface area contributed by atoms with Gasteiger partial charge in [0, 0.05) is 5.56 Å². The van der Waals surface area contributed by atoms with Crippen molar-refractivity contribution < 1.29 is 22.7 Å². The molecule has 2 aromatic rings. The number of hydrogen-bond donors (Lipinski definition) is 1. The van der Waals surface area contributed by atoms with E-state index in [1.807, 2.05) is 26.0 Å². The van der Waals surface area contributed by atoms with Gasteiger partial charge in [-0.05, 0) is 61.4 Å². The number of sulfonamides is 1. The lowest BCUT2D eigenvalue weighted by Gasteiger charge is -2.22. The predicted molar refractivity (Wildman–Crippen MR) is 119 cm³/mol. The summed E-state index contributed by atoms with van der Waals surface area (Å²) in [5.41, 5.74) is 3.53. The van der Waals surface area contributed by atoms with Gasteiger partial charge in [0.25, 0.3) is 0 Å². The van der Waals surface area contributed by atoms with Crippen molar-refractivity contribution in [2.24, 2.45) is 0 Å². The third kappa shape index (κ3) is 6.24. The number of nitrogens with one attached hydrogen (secondary N) is 1. The maximum absolute atomic E-state index is 12.3. The molecular formula is C24H29NO5S. The van der Waals surface area contributed by atoms with E-state index in [1.54, 1.807) is 24.3 Å². The molecule has 7 heteroatoms. The van der Waals surface area contributed by atoms with Gasteiger partial charge in [0.05, 0.1) is 4.90 Å². The van der Waals surface area contributed by atoms with Crippen molar-refractivity contribution in [2.45, 2.75) is 56.8 Å². The fourth-order valence-corrected chi connectivity index (χ4v) is 4.83. The Bertz CT molecular complexity index is 1040. The first kappa shape index (κ1) is 23.2. The molecule has 0 saturated heterocycles. The highest BCUT2D eigenvalue weighted by Gasteiger charge is 2.18. The molecule has 0 unspecified atom stereocenters. The fraction of sp³-hybridized carbons (Fsp3) is 0.417. The van der Waals surface area contributed by atoms with Crippen LogP contribution in [0.25, 0.3) is 0 Å². The predicted octanol–water partition coefficient (Wildman–Crippen LogP) is 4.06. The summed E-state index contributed by atoms with van der Waals surface area (Å²) >= 11 is 0. The number of ether oxygens (including phenoxy) is 1. The van der Waals surface area contributed by atoms with Gasteiger partial charge >= 0.3 is 5.97 Å². The molecule has 166 valence electrons. The Kier molecular flexibility index (Phi) is 7.62. The quantitative estimate of drug-likeness (QED) is 0.491. The van der Waals surface area contributed by atoms with Crippen molar-refractivity contribution in [2.75, 3.05) is 13.2 Å². The number of aryl methyl sites for hydroxylation is 2. The smallest absolute Gasteiger partial charge is 0.321 e. The van der Waals surface area contributed by atoms with E-state index in [9.17, 15) is 18.0 Å². The number of esters is 1. The minimum atomic E-state index is -3.84. The molecular weight excluding hydrogens is 414 g/mol. The van der Waals surface area contributed by atoms with Crippen molar-refractivity contribution in [1.82, 2.24) is 4.72 Å². The lowest BCUT2D eigenvalue weighted by atomic mass is 9.84. The summed E-state index contributed by atoms with van der Waals surface area (Å²) in [5.74, 6) is -0.568. The highest BCUT2D eigenvalue weighted by molar-refractivity contribution is 7.89. The first-order chi connectivity index (χ1) is 14.8. The minimum absolute atomic E-state index is 0.0810. The average Bonchev–Trinajstić information content (AvgIpc) is 2.78. The zero-order valence-electron chi connectivity index (χ0n) is 18.0. The van der Waals surface area contributed by atoms with Crippen LogP contribution in [-0.2, 0) is 19.6 Å². The molecule has 0 radical (unpaired) electrons. The highest BCUT2D eigenvalue weighted by atomic mass is 32.2. The molecule has 1 saturated carbocycles. The number of ketones is 1. The van der Waals surface area contributed by atoms with Crippen LogP contribution in [0.4, 0.5) is 0 Å². The molecule has 6 nitrogen and oxygen atoms in total. The number of rotatable bonds is 8. The molecule has 0 atom stereocenters. The maximum atomic E-state index is 12.3. The number of Topliss-reactive ketones (excluding diaryl/α,β-unsaturated/α-hetero) is 1. The summed E-state index contributed by atoms with van der Waals surface area (Å²) in [6, 6.07) is 12.2. The van der Waals surface area contributed by atoms with Gasteiger partial charge in [0.15, 0.2) is 12.4 Å². The molecule has 0 aromatic heterocycles. The molecule has 1 N–H and O–H groups in total. The zero-order valence-corrected chi connectivity index (χ0v) is 18.8. The van der Waals surface area contributed by atoms with Gasteiger partial charge in [0.2, 0.25) is 10.0 Å². The molecule has 0 amide bonds. The van der Waals surface area contributed by atoms with Gasteiger partial charge in [-0.3, -0.25) is 9.59 Å². The Morgan fingerprint density at radius 3 is 2.29 bits per heavy atom. The molecule has 0 aliphatic heterocycles. The largest absolute Gasteiger partial charge is 0.456 e. The van der Waals surface area contributed by atoms with E-state index in [1.165, 1.54) is 43.7 Å². The molecule has 0 bridgehead atoms. The van der Waals surface area contributed by atoms with Crippen LogP contribution in [0.3, 0.4) is 0 Å². The van der Waals surface area contributed by atoms with Crippen LogP contribution in [0.5, 0.6) is 0 Å². The Morgan fingerprint density at radius 2 is 1.65 bits per heavy atom. The summed E-state index contributed by atoms with van der Waals surface area (Å²) in [5, 5.41) is 0. The molecule has 0 heterocycles. The highest BCUT2D eigenvalue weighted by Crippen LogP contribution is 2.32. The van der Waals surface area contributed by atoms with Crippen molar-refractivity contribution in [3.8, 4) is 0 Å². The first-order valence-corrected chi connectivity index (χ1v) is 12.1.